The van der Waals surface area contributed by atoms with Gasteiger partial charge in [-0.1, -0.05) is 0 Å². The van der Waals surface area contributed by atoms with E-state index in [9.17, 15) is 4.39 Å². The molecule has 2 heterocycles. The van der Waals surface area contributed by atoms with E-state index in [1.165, 1.54) is 12.4 Å². The minimum atomic E-state index is -0.787. The van der Waals surface area contributed by atoms with Gasteiger partial charge in [0.25, 0.3) is 0 Å². The third kappa shape index (κ3) is 2.22. The number of hydrogen-bond donors (Lipinski definition) is 0. The minimum absolute atomic E-state index is 0.124. The van der Waals surface area contributed by atoms with Gasteiger partial charge < -0.3 is 4.90 Å². The van der Waals surface area contributed by atoms with Crippen molar-refractivity contribution in [2.24, 2.45) is 0 Å². The summed E-state index contributed by atoms with van der Waals surface area (Å²) in [5.74, 6) is 0.917. The van der Waals surface area contributed by atoms with Crippen LogP contribution in [0.4, 0.5) is 16.0 Å². The Labute approximate surface area is 96.0 Å². The highest BCUT2D eigenvalue weighted by molar-refractivity contribution is 6.28. The smallest absolute Gasteiger partial charge is 0.310 e. The molecule has 0 bridgehead atoms. The normalized spacial score (nSPS) is 10.2. The van der Waals surface area contributed by atoms with Crippen molar-refractivity contribution >= 4 is 23.2 Å². The predicted octanol–water partition coefficient (Wildman–Crippen LogP) is 1.83. The quantitative estimate of drug-likeness (QED) is 0.749. The van der Waals surface area contributed by atoms with E-state index in [1.807, 2.05) is 0 Å². The zero-order valence-electron chi connectivity index (χ0n) is 8.30. The molecule has 2 rings (SSSR count). The Morgan fingerprint density at radius 3 is 2.38 bits per heavy atom. The summed E-state index contributed by atoms with van der Waals surface area (Å²) in [5, 5.41) is 0.124. The van der Waals surface area contributed by atoms with Crippen molar-refractivity contribution in [3.63, 3.8) is 0 Å². The van der Waals surface area contributed by atoms with E-state index in [1.54, 1.807) is 24.1 Å². The van der Waals surface area contributed by atoms with Crippen molar-refractivity contribution in [2.45, 2.75) is 0 Å². The highest BCUT2D eigenvalue weighted by atomic mass is 35.5. The summed E-state index contributed by atoms with van der Waals surface area (Å²) in [6.07, 6.45) is 2.06. The standard InChI is InChI=1S/C9H7ClFN5/c1-16(6-2-4-12-8(10)14-6)7-3-5-13-9(11)15-7/h2-5H,1H3. The van der Waals surface area contributed by atoms with Crippen LogP contribution in [0.15, 0.2) is 24.5 Å². The number of hydrogen-bond acceptors (Lipinski definition) is 5. The van der Waals surface area contributed by atoms with E-state index >= 15 is 0 Å². The van der Waals surface area contributed by atoms with Gasteiger partial charge in [-0.3, -0.25) is 0 Å². The highest BCUT2D eigenvalue weighted by Gasteiger charge is 2.08. The van der Waals surface area contributed by atoms with E-state index in [0.717, 1.165) is 0 Å². The third-order valence-corrected chi connectivity index (χ3v) is 2.09. The Morgan fingerprint density at radius 1 is 1.12 bits per heavy atom. The molecule has 0 aromatic carbocycles. The average Bonchev–Trinajstić information content (AvgIpc) is 2.28. The summed E-state index contributed by atoms with van der Waals surface area (Å²) in [4.78, 5) is 16.3. The van der Waals surface area contributed by atoms with Crippen molar-refractivity contribution in [3.05, 3.63) is 35.9 Å². The molecule has 0 aliphatic heterocycles. The molecule has 0 fully saturated rings. The SMILES string of the molecule is CN(c1ccnc(F)n1)c1ccnc(Cl)n1. The number of anilines is 2. The number of rotatable bonds is 2. The molecule has 0 N–H and O–H groups in total. The van der Waals surface area contributed by atoms with Gasteiger partial charge in [0.15, 0.2) is 0 Å². The molecular weight excluding hydrogens is 233 g/mol. The average molecular weight is 240 g/mol. The molecule has 0 aliphatic rings. The van der Waals surface area contributed by atoms with Crippen LogP contribution in [0.25, 0.3) is 0 Å². The zero-order chi connectivity index (χ0) is 11.5. The Bertz CT molecular complexity index is 461. The van der Waals surface area contributed by atoms with E-state index in [-0.39, 0.29) is 5.28 Å². The molecular formula is C9H7ClFN5. The maximum atomic E-state index is 12.8. The van der Waals surface area contributed by atoms with Gasteiger partial charge in [-0.05, 0) is 23.7 Å². The molecule has 0 aliphatic carbocycles. The summed E-state index contributed by atoms with van der Waals surface area (Å²) >= 11 is 5.65. The lowest BCUT2D eigenvalue weighted by Gasteiger charge is -2.16. The van der Waals surface area contributed by atoms with Gasteiger partial charge in [0.2, 0.25) is 5.28 Å². The second-order valence-electron chi connectivity index (χ2n) is 2.93. The van der Waals surface area contributed by atoms with Crippen molar-refractivity contribution in [3.8, 4) is 0 Å². The summed E-state index contributed by atoms with van der Waals surface area (Å²) < 4.78 is 12.8. The van der Waals surface area contributed by atoms with Crippen LogP contribution in [0.2, 0.25) is 5.28 Å². The largest absolute Gasteiger partial charge is 0.314 e. The fourth-order valence-corrected chi connectivity index (χ4v) is 1.29. The molecule has 0 atom stereocenters. The van der Waals surface area contributed by atoms with Crippen LogP contribution in [0, 0.1) is 6.08 Å². The second-order valence-corrected chi connectivity index (χ2v) is 3.26. The van der Waals surface area contributed by atoms with Gasteiger partial charge in [0.1, 0.15) is 11.6 Å². The Kier molecular flexibility index (Phi) is 2.91. The number of nitrogens with zero attached hydrogens (tertiary/aromatic N) is 5. The summed E-state index contributed by atoms with van der Waals surface area (Å²) in [6.45, 7) is 0. The molecule has 0 unspecified atom stereocenters. The van der Waals surface area contributed by atoms with Gasteiger partial charge in [-0.25, -0.2) is 15.0 Å². The fraction of sp³-hybridized carbons (Fsp3) is 0.111. The van der Waals surface area contributed by atoms with Crippen molar-refractivity contribution < 1.29 is 4.39 Å². The van der Waals surface area contributed by atoms with Gasteiger partial charge in [-0.2, -0.15) is 9.37 Å². The topological polar surface area (TPSA) is 54.8 Å². The molecule has 7 heteroatoms. The maximum Gasteiger partial charge on any atom is 0.310 e. The van der Waals surface area contributed by atoms with E-state index in [0.29, 0.717) is 11.6 Å². The molecule has 0 saturated carbocycles. The van der Waals surface area contributed by atoms with Crippen LogP contribution >= 0.6 is 11.6 Å². The lowest BCUT2D eigenvalue weighted by atomic mass is 10.5. The first-order valence-corrected chi connectivity index (χ1v) is 4.75. The lowest BCUT2D eigenvalue weighted by Crippen LogP contribution is -2.13. The number of aromatic nitrogens is 4. The Morgan fingerprint density at radius 2 is 1.75 bits per heavy atom. The van der Waals surface area contributed by atoms with E-state index in [4.69, 9.17) is 11.6 Å². The first-order valence-electron chi connectivity index (χ1n) is 4.37. The van der Waals surface area contributed by atoms with Crippen LogP contribution in [0.3, 0.4) is 0 Å². The maximum absolute atomic E-state index is 12.8. The van der Waals surface area contributed by atoms with E-state index in [2.05, 4.69) is 19.9 Å². The van der Waals surface area contributed by atoms with Crippen LogP contribution in [0.5, 0.6) is 0 Å². The van der Waals surface area contributed by atoms with Crippen molar-refractivity contribution in [2.75, 3.05) is 11.9 Å². The predicted molar refractivity (Wildman–Crippen MR) is 57.1 cm³/mol. The van der Waals surface area contributed by atoms with Gasteiger partial charge in [0, 0.05) is 19.4 Å². The van der Waals surface area contributed by atoms with Crippen LogP contribution < -0.4 is 4.90 Å². The molecule has 0 amide bonds. The Hall–Kier alpha value is -1.82. The van der Waals surface area contributed by atoms with Crippen molar-refractivity contribution in [1.82, 2.24) is 19.9 Å². The molecule has 16 heavy (non-hydrogen) atoms. The summed E-state index contributed by atoms with van der Waals surface area (Å²) in [6, 6.07) is 3.21. The summed E-state index contributed by atoms with van der Waals surface area (Å²) in [5.41, 5.74) is 0. The molecule has 0 saturated heterocycles. The van der Waals surface area contributed by atoms with Gasteiger partial charge in [0.05, 0.1) is 0 Å². The molecule has 0 radical (unpaired) electrons. The monoisotopic (exact) mass is 239 g/mol. The van der Waals surface area contributed by atoms with Gasteiger partial charge in [-0.15, -0.1) is 0 Å². The molecule has 2 aromatic rings. The van der Waals surface area contributed by atoms with Gasteiger partial charge >= 0.3 is 6.08 Å². The molecule has 2 aromatic heterocycles. The third-order valence-electron chi connectivity index (χ3n) is 1.91. The van der Waals surface area contributed by atoms with Crippen LogP contribution in [-0.4, -0.2) is 27.0 Å². The fourth-order valence-electron chi connectivity index (χ4n) is 1.14. The molecule has 5 nitrogen and oxygen atoms in total. The molecule has 0 spiro atoms. The molecule has 82 valence electrons. The zero-order valence-corrected chi connectivity index (χ0v) is 9.06. The number of halogens is 2. The lowest BCUT2D eigenvalue weighted by molar-refractivity contribution is 0.539. The van der Waals surface area contributed by atoms with Crippen molar-refractivity contribution in [1.29, 1.82) is 0 Å². The second kappa shape index (κ2) is 4.36. The van der Waals surface area contributed by atoms with Crippen LogP contribution in [0.1, 0.15) is 0 Å². The summed E-state index contributed by atoms with van der Waals surface area (Å²) in [7, 11) is 1.69. The van der Waals surface area contributed by atoms with E-state index < -0.39 is 6.08 Å². The highest BCUT2D eigenvalue weighted by Crippen LogP contribution is 2.19. The minimum Gasteiger partial charge on any atom is -0.314 e. The van der Waals surface area contributed by atoms with Crippen LogP contribution in [-0.2, 0) is 0 Å². The first-order chi connectivity index (χ1) is 7.66. The first kappa shape index (κ1) is 10.7. The Balaban J connectivity index is 2.35.